The van der Waals surface area contributed by atoms with Crippen LogP contribution in [0, 0.1) is 0 Å². The molecule has 0 aliphatic carbocycles. The van der Waals surface area contributed by atoms with Gasteiger partial charge in [0, 0.05) is 5.08 Å². The summed E-state index contributed by atoms with van der Waals surface area (Å²) in [5.41, 5.74) is 0. The van der Waals surface area contributed by atoms with Crippen molar-refractivity contribution in [2.24, 2.45) is 0 Å². The number of aliphatic carboxylic acids is 1. The van der Waals surface area contributed by atoms with Gasteiger partial charge in [-0.05, 0) is 19.1 Å². The number of rotatable bonds is 7. The third-order valence-electron chi connectivity index (χ3n) is 1.39. The molecule has 0 aromatic carbocycles. The Kier molecular flexibility index (Phi) is 7.91. The molecule has 1 unspecified atom stereocenters. The monoisotopic (exact) mass is 208 g/mol. The van der Waals surface area contributed by atoms with Gasteiger partial charge in [0.05, 0.1) is 0 Å². The topological polar surface area (TPSA) is 37.3 Å². The lowest BCUT2D eigenvalue weighted by Crippen LogP contribution is -2.11. The second-order valence-corrected chi connectivity index (χ2v) is 5.33. The van der Waals surface area contributed by atoms with Gasteiger partial charge in [0.1, 0.15) is 5.25 Å². The van der Waals surface area contributed by atoms with E-state index < -0.39 is 5.97 Å². The molecule has 0 rings (SSSR count). The fourth-order valence-corrected chi connectivity index (χ4v) is 2.83. The van der Waals surface area contributed by atoms with E-state index in [1.807, 2.05) is 11.8 Å². The average Bonchev–Trinajstić information content (AvgIpc) is 2.03. The zero-order valence-corrected chi connectivity index (χ0v) is 9.21. The maximum atomic E-state index is 10.4. The summed E-state index contributed by atoms with van der Waals surface area (Å²) >= 11 is 3.32. The van der Waals surface area contributed by atoms with Gasteiger partial charge in [-0.15, -0.1) is 11.8 Å². The summed E-state index contributed by atoms with van der Waals surface area (Å²) in [6.07, 6.45) is 2.44. The first-order chi connectivity index (χ1) is 5.68. The third-order valence-corrected chi connectivity index (χ3v) is 3.88. The van der Waals surface area contributed by atoms with E-state index in [1.165, 1.54) is 24.6 Å². The zero-order chi connectivity index (χ0) is 9.40. The molecule has 0 bridgehead atoms. The quantitative estimate of drug-likeness (QED) is 0.515. The van der Waals surface area contributed by atoms with Gasteiger partial charge in [-0.1, -0.05) is 13.3 Å². The first-order valence-corrected chi connectivity index (χ1v) is 6.31. The molecule has 1 N–H and O–H groups in total. The van der Waals surface area contributed by atoms with Gasteiger partial charge in [0.25, 0.3) is 0 Å². The molecule has 0 saturated carbocycles. The summed E-state index contributed by atoms with van der Waals surface area (Å²) in [7, 11) is 0. The summed E-state index contributed by atoms with van der Waals surface area (Å²) in [6, 6.07) is 0. The highest BCUT2D eigenvalue weighted by molar-refractivity contribution is 8.16. The molecule has 12 heavy (non-hydrogen) atoms. The molecule has 0 heterocycles. The van der Waals surface area contributed by atoms with Crippen molar-refractivity contribution >= 4 is 29.5 Å². The highest BCUT2D eigenvalue weighted by Crippen LogP contribution is 2.18. The summed E-state index contributed by atoms with van der Waals surface area (Å²) in [5.74, 6) is 0.437. The summed E-state index contributed by atoms with van der Waals surface area (Å²) in [6.45, 7) is 3.89. The SMILES string of the molecule is CCCCSCSC(C)C(=O)O. The Hall–Kier alpha value is 0.170. The molecular weight excluding hydrogens is 192 g/mol. The third kappa shape index (κ3) is 6.85. The molecule has 0 amide bonds. The molecule has 0 radical (unpaired) electrons. The predicted molar refractivity (Wildman–Crippen MR) is 56.9 cm³/mol. The molecule has 4 heteroatoms. The number of unbranched alkanes of at least 4 members (excludes halogenated alkanes) is 1. The van der Waals surface area contributed by atoms with Gasteiger partial charge in [0.2, 0.25) is 0 Å². The number of carboxylic acid groups (broad SMARTS) is 1. The average molecular weight is 208 g/mol. The summed E-state index contributed by atoms with van der Waals surface area (Å²) < 4.78 is 0. The Morgan fingerprint density at radius 1 is 1.58 bits per heavy atom. The standard InChI is InChI=1S/C8H16O2S2/c1-3-4-5-11-6-12-7(2)8(9)10/h7H,3-6H2,1-2H3,(H,9,10). The van der Waals surface area contributed by atoms with Crippen LogP contribution in [0.3, 0.4) is 0 Å². The van der Waals surface area contributed by atoms with Gasteiger partial charge in [-0.3, -0.25) is 4.79 Å². The van der Waals surface area contributed by atoms with Crippen LogP contribution in [0.4, 0.5) is 0 Å². The van der Waals surface area contributed by atoms with Gasteiger partial charge in [-0.25, -0.2) is 0 Å². The van der Waals surface area contributed by atoms with Crippen LogP contribution in [-0.2, 0) is 4.79 Å². The molecule has 1 atom stereocenters. The Balaban J connectivity index is 3.14. The number of thioether (sulfide) groups is 2. The molecule has 0 aliphatic heterocycles. The number of carbonyl (C=O) groups is 1. The van der Waals surface area contributed by atoms with Crippen LogP contribution in [0.15, 0.2) is 0 Å². The van der Waals surface area contributed by atoms with E-state index in [0.29, 0.717) is 0 Å². The second kappa shape index (κ2) is 7.80. The Morgan fingerprint density at radius 2 is 2.25 bits per heavy atom. The fraction of sp³-hybridized carbons (Fsp3) is 0.875. The minimum atomic E-state index is -0.712. The lowest BCUT2D eigenvalue weighted by Gasteiger charge is -2.04. The van der Waals surface area contributed by atoms with Crippen LogP contribution in [0.25, 0.3) is 0 Å². The minimum Gasteiger partial charge on any atom is -0.480 e. The first kappa shape index (κ1) is 12.2. The molecule has 0 aliphatic rings. The Bertz CT molecular complexity index is 128. The minimum absolute atomic E-state index is 0.265. The van der Waals surface area contributed by atoms with Crippen molar-refractivity contribution < 1.29 is 9.90 Å². The van der Waals surface area contributed by atoms with E-state index in [1.54, 1.807) is 6.92 Å². The van der Waals surface area contributed by atoms with E-state index in [2.05, 4.69) is 6.92 Å². The number of carboxylic acids is 1. The van der Waals surface area contributed by atoms with Crippen LogP contribution < -0.4 is 0 Å². The van der Waals surface area contributed by atoms with Crippen molar-refractivity contribution in [3.8, 4) is 0 Å². The van der Waals surface area contributed by atoms with E-state index in [0.717, 1.165) is 10.8 Å². The lowest BCUT2D eigenvalue weighted by molar-refractivity contribution is -0.136. The lowest BCUT2D eigenvalue weighted by atomic mass is 10.4. The maximum Gasteiger partial charge on any atom is 0.316 e. The summed E-state index contributed by atoms with van der Waals surface area (Å²) in [4.78, 5) is 10.4. The molecule has 0 aromatic heterocycles. The zero-order valence-electron chi connectivity index (χ0n) is 7.58. The van der Waals surface area contributed by atoms with Gasteiger partial charge >= 0.3 is 5.97 Å². The van der Waals surface area contributed by atoms with E-state index >= 15 is 0 Å². The van der Waals surface area contributed by atoms with Gasteiger partial charge in [-0.2, -0.15) is 11.8 Å². The molecule has 0 aromatic rings. The summed E-state index contributed by atoms with van der Waals surface area (Å²) in [5, 5.41) is 9.19. The van der Waals surface area contributed by atoms with Crippen molar-refractivity contribution in [1.82, 2.24) is 0 Å². The molecular formula is C8H16O2S2. The van der Waals surface area contributed by atoms with Crippen LogP contribution in [-0.4, -0.2) is 27.2 Å². The van der Waals surface area contributed by atoms with E-state index in [-0.39, 0.29) is 5.25 Å². The predicted octanol–water partition coefficient (Wildman–Crippen LogP) is 2.68. The van der Waals surface area contributed by atoms with Gasteiger partial charge < -0.3 is 5.11 Å². The smallest absolute Gasteiger partial charge is 0.316 e. The first-order valence-electron chi connectivity index (χ1n) is 4.10. The van der Waals surface area contributed by atoms with Crippen molar-refractivity contribution in [2.75, 3.05) is 10.8 Å². The normalized spacial score (nSPS) is 12.8. The Labute approximate surface area is 82.5 Å². The van der Waals surface area contributed by atoms with Crippen molar-refractivity contribution in [1.29, 1.82) is 0 Å². The maximum absolute atomic E-state index is 10.4. The van der Waals surface area contributed by atoms with Gasteiger partial charge in [0.15, 0.2) is 0 Å². The molecule has 0 fully saturated rings. The van der Waals surface area contributed by atoms with E-state index in [9.17, 15) is 4.79 Å². The second-order valence-electron chi connectivity index (χ2n) is 2.53. The molecule has 0 saturated heterocycles. The molecule has 0 spiro atoms. The van der Waals surface area contributed by atoms with Crippen LogP contribution in [0.5, 0.6) is 0 Å². The van der Waals surface area contributed by atoms with Crippen molar-refractivity contribution in [3.63, 3.8) is 0 Å². The Morgan fingerprint density at radius 3 is 2.75 bits per heavy atom. The molecule has 72 valence electrons. The highest BCUT2D eigenvalue weighted by Gasteiger charge is 2.09. The fourth-order valence-electron chi connectivity index (χ4n) is 0.527. The largest absolute Gasteiger partial charge is 0.480 e. The van der Waals surface area contributed by atoms with E-state index in [4.69, 9.17) is 5.11 Å². The highest BCUT2D eigenvalue weighted by atomic mass is 32.2. The number of hydrogen-bond donors (Lipinski definition) is 1. The molecule has 2 nitrogen and oxygen atoms in total. The number of hydrogen-bond acceptors (Lipinski definition) is 3. The van der Waals surface area contributed by atoms with Crippen LogP contribution in [0.1, 0.15) is 26.7 Å². The van der Waals surface area contributed by atoms with Crippen molar-refractivity contribution in [2.45, 2.75) is 31.9 Å². The van der Waals surface area contributed by atoms with Crippen molar-refractivity contribution in [3.05, 3.63) is 0 Å². The van der Waals surface area contributed by atoms with Crippen LogP contribution in [0.2, 0.25) is 0 Å². The van der Waals surface area contributed by atoms with Crippen LogP contribution >= 0.6 is 23.5 Å².